The molecule has 4 nitrogen and oxygen atoms in total. The van der Waals surface area contributed by atoms with Crippen molar-refractivity contribution in [3.8, 4) is 0 Å². The highest BCUT2D eigenvalue weighted by Gasteiger charge is 2.22. The van der Waals surface area contributed by atoms with Crippen molar-refractivity contribution in [3.63, 3.8) is 0 Å². The van der Waals surface area contributed by atoms with Crippen molar-refractivity contribution in [3.05, 3.63) is 47.7 Å². The minimum atomic E-state index is -0.361. The smallest absolute Gasteiger partial charge is 0.335 e. The Kier molecular flexibility index (Phi) is 3.77. The van der Waals surface area contributed by atoms with Crippen molar-refractivity contribution < 1.29 is 14.3 Å². The van der Waals surface area contributed by atoms with Gasteiger partial charge in [-0.25, -0.2) is 4.79 Å². The highest BCUT2D eigenvalue weighted by molar-refractivity contribution is 5.92. The second kappa shape index (κ2) is 5.49. The van der Waals surface area contributed by atoms with E-state index in [9.17, 15) is 9.59 Å². The normalized spacial score (nSPS) is 15.3. The molecule has 18 heavy (non-hydrogen) atoms. The number of methoxy groups -OCH3 is 1. The van der Waals surface area contributed by atoms with Crippen molar-refractivity contribution >= 4 is 11.9 Å². The Morgan fingerprint density at radius 1 is 1.28 bits per heavy atom. The fourth-order valence-electron chi connectivity index (χ4n) is 1.91. The number of ether oxygens (including phenoxy) is 1. The SMILES string of the molecule is COC(=O)C1=CN(Cc2ccccc2)C(=O)CC1. The minimum absolute atomic E-state index is 0.0338. The zero-order valence-electron chi connectivity index (χ0n) is 10.3. The lowest BCUT2D eigenvalue weighted by Gasteiger charge is -2.24. The molecule has 0 aromatic heterocycles. The average Bonchev–Trinajstić information content (AvgIpc) is 2.41. The van der Waals surface area contributed by atoms with Gasteiger partial charge in [0.25, 0.3) is 0 Å². The summed E-state index contributed by atoms with van der Waals surface area (Å²) in [5.74, 6) is -0.327. The van der Waals surface area contributed by atoms with Gasteiger partial charge in [0, 0.05) is 12.6 Å². The van der Waals surface area contributed by atoms with E-state index in [2.05, 4.69) is 4.74 Å². The van der Waals surface area contributed by atoms with E-state index in [-0.39, 0.29) is 11.9 Å². The van der Waals surface area contributed by atoms with E-state index in [4.69, 9.17) is 0 Å². The van der Waals surface area contributed by atoms with Gasteiger partial charge in [-0.1, -0.05) is 30.3 Å². The van der Waals surface area contributed by atoms with Gasteiger partial charge >= 0.3 is 5.97 Å². The Hall–Kier alpha value is -2.10. The van der Waals surface area contributed by atoms with Crippen LogP contribution in [-0.2, 0) is 20.9 Å². The molecule has 1 amide bonds. The van der Waals surface area contributed by atoms with Crippen LogP contribution in [0.5, 0.6) is 0 Å². The van der Waals surface area contributed by atoms with E-state index in [0.29, 0.717) is 25.0 Å². The maximum absolute atomic E-state index is 11.8. The number of carbonyl (C=O) groups excluding carboxylic acids is 2. The quantitative estimate of drug-likeness (QED) is 0.764. The molecular weight excluding hydrogens is 230 g/mol. The van der Waals surface area contributed by atoms with E-state index in [1.54, 1.807) is 11.1 Å². The second-order valence-corrected chi connectivity index (χ2v) is 4.15. The molecule has 1 aromatic rings. The first kappa shape index (κ1) is 12.4. The van der Waals surface area contributed by atoms with Crippen LogP contribution < -0.4 is 0 Å². The molecule has 0 bridgehead atoms. The summed E-state index contributed by atoms with van der Waals surface area (Å²) in [6.45, 7) is 0.486. The molecule has 0 saturated carbocycles. The Bertz CT molecular complexity index is 479. The van der Waals surface area contributed by atoms with Crippen LogP contribution in [0.15, 0.2) is 42.1 Å². The molecule has 94 valence electrons. The lowest BCUT2D eigenvalue weighted by molar-refractivity contribution is -0.137. The molecule has 1 aliphatic heterocycles. The lowest BCUT2D eigenvalue weighted by Crippen LogP contribution is -2.30. The van der Waals surface area contributed by atoms with Crippen molar-refractivity contribution in [1.82, 2.24) is 4.90 Å². The Labute approximate surface area is 106 Å². The largest absolute Gasteiger partial charge is 0.466 e. The molecule has 1 heterocycles. The molecule has 4 heteroatoms. The molecule has 0 unspecified atom stereocenters. The van der Waals surface area contributed by atoms with Crippen molar-refractivity contribution in [2.24, 2.45) is 0 Å². The third kappa shape index (κ3) is 2.77. The van der Waals surface area contributed by atoms with Gasteiger partial charge in [0.05, 0.1) is 19.2 Å². The van der Waals surface area contributed by atoms with Crippen LogP contribution >= 0.6 is 0 Å². The monoisotopic (exact) mass is 245 g/mol. The molecule has 0 saturated heterocycles. The number of carbonyl (C=O) groups is 2. The molecular formula is C14H15NO3. The van der Waals surface area contributed by atoms with Crippen LogP contribution in [-0.4, -0.2) is 23.9 Å². The predicted molar refractivity (Wildman–Crippen MR) is 66.3 cm³/mol. The Morgan fingerprint density at radius 2 is 2.00 bits per heavy atom. The van der Waals surface area contributed by atoms with Crippen LogP contribution in [0.25, 0.3) is 0 Å². The number of amides is 1. The number of nitrogens with zero attached hydrogens (tertiary/aromatic N) is 1. The van der Waals surface area contributed by atoms with Crippen molar-refractivity contribution in [2.75, 3.05) is 7.11 Å². The number of hydrogen-bond donors (Lipinski definition) is 0. The summed E-state index contributed by atoms with van der Waals surface area (Å²) < 4.78 is 4.68. The fraction of sp³-hybridized carbons (Fsp3) is 0.286. The maximum Gasteiger partial charge on any atom is 0.335 e. The van der Waals surface area contributed by atoms with Gasteiger partial charge in [-0.05, 0) is 12.0 Å². The van der Waals surface area contributed by atoms with E-state index in [1.807, 2.05) is 30.3 Å². The summed E-state index contributed by atoms with van der Waals surface area (Å²) in [6, 6.07) is 9.68. The summed E-state index contributed by atoms with van der Waals surface area (Å²) in [5.41, 5.74) is 1.58. The number of benzene rings is 1. The first-order valence-corrected chi connectivity index (χ1v) is 5.83. The third-order valence-electron chi connectivity index (χ3n) is 2.88. The molecule has 1 aromatic carbocycles. The number of esters is 1. The number of hydrogen-bond acceptors (Lipinski definition) is 3. The van der Waals surface area contributed by atoms with Crippen molar-refractivity contribution in [1.29, 1.82) is 0 Å². The van der Waals surface area contributed by atoms with E-state index >= 15 is 0 Å². The first-order chi connectivity index (χ1) is 8.70. The molecule has 0 N–H and O–H groups in total. The van der Waals surface area contributed by atoms with E-state index < -0.39 is 0 Å². The van der Waals surface area contributed by atoms with Crippen LogP contribution in [0.2, 0.25) is 0 Å². The summed E-state index contributed by atoms with van der Waals surface area (Å²) in [5, 5.41) is 0. The minimum Gasteiger partial charge on any atom is -0.466 e. The summed E-state index contributed by atoms with van der Waals surface area (Å²) in [4.78, 5) is 24.8. The average molecular weight is 245 g/mol. The lowest BCUT2D eigenvalue weighted by atomic mass is 10.1. The zero-order chi connectivity index (χ0) is 13.0. The standard InChI is InChI=1S/C14H15NO3/c1-18-14(17)12-7-8-13(16)15(10-12)9-11-5-3-2-4-6-11/h2-6,10H,7-9H2,1H3. The van der Waals surface area contributed by atoms with E-state index in [0.717, 1.165) is 5.56 Å². The first-order valence-electron chi connectivity index (χ1n) is 5.83. The van der Waals surface area contributed by atoms with Crippen LogP contribution in [0.3, 0.4) is 0 Å². The molecule has 0 fully saturated rings. The van der Waals surface area contributed by atoms with Crippen LogP contribution in [0.1, 0.15) is 18.4 Å². The zero-order valence-corrected chi connectivity index (χ0v) is 10.3. The fourth-order valence-corrected chi connectivity index (χ4v) is 1.91. The maximum atomic E-state index is 11.8. The summed E-state index contributed by atoms with van der Waals surface area (Å²) >= 11 is 0. The van der Waals surface area contributed by atoms with Crippen LogP contribution in [0.4, 0.5) is 0 Å². The van der Waals surface area contributed by atoms with Crippen LogP contribution in [0, 0.1) is 0 Å². The second-order valence-electron chi connectivity index (χ2n) is 4.15. The summed E-state index contributed by atoms with van der Waals surface area (Å²) in [7, 11) is 1.35. The number of rotatable bonds is 3. The molecule has 0 aliphatic carbocycles. The summed E-state index contributed by atoms with van der Waals surface area (Å²) in [6.07, 6.45) is 2.41. The van der Waals surface area contributed by atoms with Gasteiger partial charge in [-0.3, -0.25) is 4.79 Å². The van der Waals surface area contributed by atoms with Gasteiger partial charge in [-0.15, -0.1) is 0 Å². The van der Waals surface area contributed by atoms with Gasteiger partial charge in [0.15, 0.2) is 0 Å². The van der Waals surface area contributed by atoms with Gasteiger partial charge in [0.2, 0.25) is 5.91 Å². The Balaban J connectivity index is 2.15. The molecule has 2 rings (SSSR count). The van der Waals surface area contributed by atoms with Gasteiger partial charge in [0.1, 0.15) is 0 Å². The van der Waals surface area contributed by atoms with E-state index in [1.165, 1.54) is 7.11 Å². The van der Waals surface area contributed by atoms with Crippen molar-refractivity contribution in [2.45, 2.75) is 19.4 Å². The van der Waals surface area contributed by atoms with Gasteiger partial charge in [-0.2, -0.15) is 0 Å². The topological polar surface area (TPSA) is 46.6 Å². The highest BCUT2D eigenvalue weighted by atomic mass is 16.5. The highest BCUT2D eigenvalue weighted by Crippen LogP contribution is 2.19. The Morgan fingerprint density at radius 3 is 2.67 bits per heavy atom. The third-order valence-corrected chi connectivity index (χ3v) is 2.88. The van der Waals surface area contributed by atoms with Gasteiger partial charge < -0.3 is 9.64 Å². The molecule has 0 radical (unpaired) electrons. The molecule has 0 spiro atoms. The predicted octanol–water partition coefficient (Wildman–Crippen LogP) is 1.87. The molecule has 0 atom stereocenters. The molecule has 1 aliphatic rings.